The Labute approximate surface area is 91.7 Å². The molecular weight excluding hydrogens is 217 g/mol. The van der Waals surface area contributed by atoms with E-state index < -0.39 is 11.7 Å². The Hall–Kier alpha value is -1.66. The third kappa shape index (κ3) is 3.48. The number of rotatable bonds is 5. The molecule has 0 fully saturated rings. The lowest BCUT2D eigenvalue weighted by atomic mass is 10.2. The predicted molar refractivity (Wildman–Crippen MR) is 53.4 cm³/mol. The molecule has 16 heavy (non-hydrogen) atoms. The van der Waals surface area contributed by atoms with Crippen LogP contribution >= 0.6 is 0 Å². The maximum atomic E-state index is 13.2. The van der Waals surface area contributed by atoms with Gasteiger partial charge in [0, 0.05) is 13.2 Å². The Bertz CT molecular complexity index is 370. The van der Waals surface area contributed by atoms with Crippen LogP contribution in [0.15, 0.2) is 18.2 Å². The minimum Gasteiger partial charge on any atom is -0.508 e. The first kappa shape index (κ1) is 12.4. The molecule has 0 heterocycles. The lowest BCUT2D eigenvalue weighted by Crippen LogP contribution is -2.26. The molecular formula is C10H12FNO4. The first-order valence-electron chi connectivity index (χ1n) is 4.54. The summed E-state index contributed by atoms with van der Waals surface area (Å²) in [4.78, 5) is 16.1. The highest BCUT2D eigenvalue weighted by Crippen LogP contribution is 2.14. The summed E-state index contributed by atoms with van der Waals surface area (Å²) in [6.07, 6.45) is 0. The zero-order valence-corrected chi connectivity index (χ0v) is 8.70. The quantitative estimate of drug-likeness (QED) is 0.580. The number of carbonyl (C=O) groups excluding carboxylic acids is 1. The number of hydrogen-bond acceptors (Lipinski definition) is 4. The molecule has 2 N–H and O–H groups in total. The van der Waals surface area contributed by atoms with Crippen LogP contribution in [-0.4, -0.2) is 31.3 Å². The van der Waals surface area contributed by atoms with E-state index in [0.29, 0.717) is 6.61 Å². The molecule has 1 amide bonds. The number of halogens is 1. The molecule has 1 rings (SSSR count). The molecule has 0 unspecified atom stereocenters. The van der Waals surface area contributed by atoms with Gasteiger partial charge in [0.2, 0.25) is 0 Å². The number of amides is 1. The number of ether oxygens (including phenoxy) is 1. The Morgan fingerprint density at radius 3 is 2.88 bits per heavy atom. The summed E-state index contributed by atoms with van der Waals surface area (Å²) in [5, 5.41) is 8.95. The van der Waals surface area contributed by atoms with Crippen molar-refractivity contribution in [3.05, 3.63) is 29.6 Å². The molecule has 0 aromatic heterocycles. The third-order valence-corrected chi connectivity index (χ3v) is 1.75. The van der Waals surface area contributed by atoms with Crippen molar-refractivity contribution < 1.29 is 23.9 Å². The lowest BCUT2D eigenvalue weighted by Gasteiger charge is -2.06. The number of phenols is 1. The van der Waals surface area contributed by atoms with Crippen molar-refractivity contribution in [1.29, 1.82) is 0 Å². The molecule has 6 heteroatoms. The minimum absolute atomic E-state index is 0.169. The van der Waals surface area contributed by atoms with Gasteiger partial charge in [-0.2, -0.15) is 0 Å². The maximum Gasteiger partial charge on any atom is 0.277 e. The third-order valence-electron chi connectivity index (χ3n) is 1.75. The van der Waals surface area contributed by atoms with E-state index in [0.717, 1.165) is 6.07 Å². The van der Waals surface area contributed by atoms with Gasteiger partial charge in [0.1, 0.15) is 11.6 Å². The number of carbonyl (C=O) groups is 1. The Morgan fingerprint density at radius 2 is 2.25 bits per heavy atom. The van der Waals surface area contributed by atoms with Gasteiger partial charge in [-0.3, -0.25) is 9.63 Å². The second-order valence-electron chi connectivity index (χ2n) is 2.94. The van der Waals surface area contributed by atoms with Crippen LogP contribution in [0.4, 0.5) is 4.39 Å². The van der Waals surface area contributed by atoms with Gasteiger partial charge in [-0.1, -0.05) is 0 Å². The summed E-state index contributed by atoms with van der Waals surface area (Å²) in [6.45, 7) is 0.486. The molecule has 88 valence electrons. The molecule has 0 bridgehead atoms. The van der Waals surface area contributed by atoms with E-state index >= 15 is 0 Å². The van der Waals surface area contributed by atoms with E-state index in [1.54, 1.807) is 0 Å². The molecule has 0 aliphatic rings. The van der Waals surface area contributed by atoms with Crippen LogP contribution in [0.1, 0.15) is 10.4 Å². The summed E-state index contributed by atoms with van der Waals surface area (Å²) in [5.74, 6) is -1.77. The molecule has 0 saturated carbocycles. The van der Waals surface area contributed by atoms with E-state index in [2.05, 4.69) is 10.2 Å². The average molecular weight is 229 g/mol. The summed E-state index contributed by atoms with van der Waals surface area (Å²) in [7, 11) is 1.49. The van der Waals surface area contributed by atoms with Crippen LogP contribution in [0.2, 0.25) is 0 Å². The summed E-state index contributed by atoms with van der Waals surface area (Å²) in [6, 6.07) is 3.23. The highest BCUT2D eigenvalue weighted by atomic mass is 19.1. The monoisotopic (exact) mass is 229 g/mol. The van der Waals surface area contributed by atoms with Crippen molar-refractivity contribution in [2.45, 2.75) is 0 Å². The molecule has 0 aliphatic heterocycles. The molecule has 0 saturated heterocycles. The zero-order chi connectivity index (χ0) is 12.0. The number of nitrogens with one attached hydrogen (secondary N) is 1. The molecule has 1 aromatic carbocycles. The number of phenolic OH excluding ortho intramolecular Hbond substituents is 1. The van der Waals surface area contributed by atoms with Crippen molar-refractivity contribution in [3.8, 4) is 5.75 Å². The summed E-state index contributed by atoms with van der Waals surface area (Å²) < 4.78 is 17.9. The van der Waals surface area contributed by atoms with Crippen LogP contribution in [-0.2, 0) is 9.57 Å². The number of aromatic hydroxyl groups is 1. The summed E-state index contributed by atoms with van der Waals surface area (Å²) >= 11 is 0. The molecule has 0 radical (unpaired) electrons. The Morgan fingerprint density at radius 1 is 1.50 bits per heavy atom. The van der Waals surface area contributed by atoms with Crippen molar-refractivity contribution >= 4 is 5.91 Å². The van der Waals surface area contributed by atoms with Gasteiger partial charge >= 0.3 is 0 Å². The topological polar surface area (TPSA) is 67.8 Å². The smallest absolute Gasteiger partial charge is 0.277 e. The van der Waals surface area contributed by atoms with Gasteiger partial charge in [0.15, 0.2) is 0 Å². The maximum absolute atomic E-state index is 13.2. The number of benzene rings is 1. The molecule has 0 spiro atoms. The van der Waals surface area contributed by atoms with Gasteiger partial charge in [0.05, 0.1) is 18.8 Å². The van der Waals surface area contributed by atoms with Gasteiger partial charge in [-0.25, -0.2) is 9.87 Å². The molecule has 5 nitrogen and oxygen atoms in total. The average Bonchev–Trinajstić information content (AvgIpc) is 2.24. The van der Waals surface area contributed by atoms with Gasteiger partial charge in [-0.05, 0) is 12.1 Å². The number of methoxy groups -OCH3 is 1. The molecule has 0 atom stereocenters. The van der Waals surface area contributed by atoms with Crippen LogP contribution in [0.25, 0.3) is 0 Å². The standard InChI is InChI=1S/C10H12FNO4/c1-15-4-5-16-12-10(14)8-3-2-7(13)6-9(8)11/h2-3,6,13H,4-5H2,1H3,(H,12,14). The second-order valence-corrected chi connectivity index (χ2v) is 2.94. The number of hydroxylamine groups is 1. The Kier molecular flexibility index (Phi) is 4.68. The van der Waals surface area contributed by atoms with Crippen molar-refractivity contribution in [3.63, 3.8) is 0 Å². The SMILES string of the molecule is COCCONC(=O)c1ccc(O)cc1F. The minimum atomic E-state index is -0.812. The fraction of sp³-hybridized carbons (Fsp3) is 0.300. The molecule has 1 aromatic rings. The zero-order valence-electron chi connectivity index (χ0n) is 8.70. The van der Waals surface area contributed by atoms with E-state index in [1.165, 1.54) is 19.2 Å². The van der Waals surface area contributed by atoms with Crippen molar-refractivity contribution in [2.24, 2.45) is 0 Å². The van der Waals surface area contributed by atoms with Crippen molar-refractivity contribution in [1.82, 2.24) is 5.48 Å². The van der Waals surface area contributed by atoms with Crippen LogP contribution in [0, 0.1) is 5.82 Å². The molecule has 0 aliphatic carbocycles. The van der Waals surface area contributed by atoms with Gasteiger partial charge in [-0.15, -0.1) is 0 Å². The lowest BCUT2D eigenvalue weighted by molar-refractivity contribution is 0.00865. The summed E-state index contributed by atoms with van der Waals surface area (Å²) in [5.41, 5.74) is 1.85. The normalized spacial score (nSPS) is 10.1. The van der Waals surface area contributed by atoms with E-state index in [-0.39, 0.29) is 17.9 Å². The Balaban J connectivity index is 2.53. The number of hydrogen-bond donors (Lipinski definition) is 2. The predicted octanol–water partition coefficient (Wildman–Crippen LogP) is 0.839. The fourth-order valence-electron chi connectivity index (χ4n) is 0.985. The van der Waals surface area contributed by atoms with Crippen molar-refractivity contribution in [2.75, 3.05) is 20.3 Å². The van der Waals surface area contributed by atoms with Crippen LogP contribution in [0.3, 0.4) is 0 Å². The second kappa shape index (κ2) is 6.04. The van der Waals surface area contributed by atoms with Crippen LogP contribution < -0.4 is 5.48 Å². The van der Waals surface area contributed by atoms with Gasteiger partial charge in [0.25, 0.3) is 5.91 Å². The fourth-order valence-corrected chi connectivity index (χ4v) is 0.985. The van der Waals surface area contributed by atoms with E-state index in [1.807, 2.05) is 0 Å². The first-order valence-corrected chi connectivity index (χ1v) is 4.54. The van der Waals surface area contributed by atoms with Crippen LogP contribution in [0.5, 0.6) is 5.75 Å². The first-order chi connectivity index (χ1) is 7.65. The largest absolute Gasteiger partial charge is 0.508 e. The van der Waals surface area contributed by atoms with E-state index in [4.69, 9.17) is 9.94 Å². The van der Waals surface area contributed by atoms with Gasteiger partial charge < -0.3 is 9.84 Å². The highest BCUT2D eigenvalue weighted by Gasteiger charge is 2.11. The highest BCUT2D eigenvalue weighted by molar-refractivity contribution is 5.93. The van der Waals surface area contributed by atoms with E-state index in [9.17, 15) is 9.18 Å².